The molecule has 1 unspecified atom stereocenters. The van der Waals surface area contributed by atoms with Crippen LogP contribution in [-0.2, 0) is 19.5 Å². The molecule has 1 aromatic rings. The van der Waals surface area contributed by atoms with Crippen molar-refractivity contribution in [2.45, 2.75) is 30.3 Å². The number of methoxy groups -OCH3 is 1. The molecular weight excluding hydrogens is 348 g/mol. The van der Waals surface area contributed by atoms with Gasteiger partial charge >= 0.3 is 5.97 Å². The molecule has 1 aromatic carbocycles. The average molecular weight is 372 g/mol. The van der Waals surface area contributed by atoms with Crippen LogP contribution in [0.4, 0.5) is 5.69 Å². The average Bonchev–Trinajstić information content (AvgIpc) is 3.10. The molecule has 1 saturated heterocycles. The van der Waals surface area contributed by atoms with Crippen molar-refractivity contribution in [2.24, 2.45) is 0 Å². The number of sulfonamides is 1. The summed E-state index contributed by atoms with van der Waals surface area (Å²) in [6.07, 6.45) is 2.45. The van der Waals surface area contributed by atoms with Crippen LogP contribution in [0.1, 0.15) is 29.6 Å². The van der Waals surface area contributed by atoms with Gasteiger partial charge in [-0.3, -0.25) is 0 Å². The van der Waals surface area contributed by atoms with Crippen LogP contribution >= 0.6 is 0 Å². The minimum absolute atomic E-state index is 0.0318. The van der Waals surface area contributed by atoms with E-state index in [-0.39, 0.29) is 23.1 Å². The van der Waals surface area contributed by atoms with Crippen molar-refractivity contribution in [1.29, 1.82) is 0 Å². The number of hydrogen-bond donors (Lipinski definition) is 3. The molecule has 0 saturated carbocycles. The van der Waals surface area contributed by atoms with Gasteiger partial charge in [0.05, 0.1) is 17.4 Å². The molecule has 1 fully saturated rings. The lowest BCUT2D eigenvalue weighted by Crippen LogP contribution is -2.27. The van der Waals surface area contributed by atoms with E-state index in [0.29, 0.717) is 31.9 Å². The van der Waals surface area contributed by atoms with Gasteiger partial charge in [-0.05, 0) is 37.5 Å². The number of benzene rings is 1. The number of carboxylic acid groups (broad SMARTS) is 1. The normalized spacial score (nSPS) is 17.6. The fourth-order valence-corrected chi connectivity index (χ4v) is 3.83. The maximum Gasteiger partial charge on any atom is 0.335 e. The first kappa shape index (κ1) is 19.6. The molecule has 0 amide bonds. The van der Waals surface area contributed by atoms with Gasteiger partial charge in [0, 0.05) is 33.4 Å². The zero-order valence-corrected chi connectivity index (χ0v) is 15.0. The summed E-state index contributed by atoms with van der Waals surface area (Å²) in [5.74, 6) is -1.18. The van der Waals surface area contributed by atoms with Crippen molar-refractivity contribution in [3.8, 4) is 0 Å². The van der Waals surface area contributed by atoms with Crippen molar-refractivity contribution in [3.05, 3.63) is 23.8 Å². The number of hydrogen-bond acceptors (Lipinski definition) is 6. The smallest absolute Gasteiger partial charge is 0.335 e. The van der Waals surface area contributed by atoms with Gasteiger partial charge in [-0.25, -0.2) is 17.9 Å². The first-order valence-electron chi connectivity index (χ1n) is 8.15. The third-order valence-corrected chi connectivity index (χ3v) is 5.38. The Labute approximate surface area is 147 Å². The topological polar surface area (TPSA) is 114 Å². The zero-order valence-electron chi connectivity index (χ0n) is 14.2. The lowest BCUT2D eigenvalue weighted by Gasteiger charge is -2.16. The molecule has 0 aliphatic carbocycles. The third kappa shape index (κ3) is 5.67. The highest BCUT2D eigenvalue weighted by atomic mass is 32.2. The van der Waals surface area contributed by atoms with E-state index in [2.05, 4.69) is 10.0 Å². The summed E-state index contributed by atoms with van der Waals surface area (Å²) in [4.78, 5) is 11.1. The molecule has 0 spiro atoms. The van der Waals surface area contributed by atoms with Crippen LogP contribution in [0.25, 0.3) is 0 Å². The minimum Gasteiger partial charge on any atom is -0.478 e. The van der Waals surface area contributed by atoms with Gasteiger partial charge in [0.1, 0.15) is 4.90 Å². The monoisotopic (exact) mass is 372 g/mol. The Morgan fingerprint density at radius 3 is 2.88 bits per heavy atom. The van der Waals surface area contributed by atoms with E-state index < -0.39 is 16.0 Å². The fourth-order valence-electron chi connectivity index (χ4n) is 2.55. The summed E-state index contributed by atoms with van der Waals surface area (Å²) in [6.45, 7) is 1.82. The summed E-state index contributed by atoms with van der Waals surface area (Å²) in [6, 6.07) is 4.02. The van der Waals surface area contributed by atoms with E-state index >= 15 is 0 Å². The lowest BCUT2D eigenvalue weighted by atomic mass is 10.2. The van der Waals surface area contributed by atoms with Gasteiger partial charge < -0.3 is 19.9 Å². The molecule has 8 nitrogen and oxygen atoms in total. The molecule has 1 aliphatic rings. The first-order chi connectivity index (χ1) is 11.9. The molecule has 0 radical (unpaired) electrons. The van der Waals surface area contributed by atoms with Crippen molar-refractivity contribution >= 4 is 21.7 Å². The second kappa shape index (κ2) is 9.14. The van der Waals surface area contributed by atoms with E-state index in [9.17, 15) is 13.2 Å². The van der Waals surface area contributed by atoms with Crippen LogP contribution in [0.2, 0.25) is 0 Å². The maximum absolute atomic E-state index is 12.6. The number of rotatable bonds is 10. The molecule has 1 atom stereocenters. The standard InChI is InChI=1S/C16H24N2O6S/c1-23-8-3-7-18-25(21,22)15-10-12(16(19)20)5-6-14(15)17-11-13-4-2-9-24-13/h5-6,10,13,17-18H,2-4,7-9,11H2,1H3,(H,19,20). The van der Waals surface area contributed by atoms with E-state index in [1.807, 2.05) is 0 Å². The summed E-state index contributed by atoms with van der Waals surface area (Å²) >= 11 is 0. The molecule has 25 heavy (non-hydrogen) atoms. The highest BCUT2D eigenvalue weighted by Gasteiger charge is 2.22. The number of anilines is 1. The first-order valence-corrected chi connectivity index (χ1v) is 9.64. The second-order valence-corrected chi connectivity index (χ2v) is 7.51. The predicted molar refractivity (Wildman–Crippen MR) is 92.5 cm³/mol. The number of carbonyl (C=O) groups is 1. The summed E-state index contributed by atoms with van der Waals surface area (Å²) in [5, 5.41) is 12.2. The highest BCUT2D eigenvalue weighted by Crippen LogP contribution is 2.24. The maximum atomic E-state index is 12.6. The Morgan fingerprint density at radius 1 is 1.44 bits per heavy atom. The van der Waals surface area contributed by atoms with Gasteiger partial charge in [0.15, 0.2) is 0 Å². The molecule has 2 rings (SSSR count). The Kier molecular flexibility index (Phi) is 7.18. The molecule has 9 heteroatoms. The molecule has 0 aromatic heterocycles. The summed E-state index contributed by atoms with van der Waals surface area (Å²) < 4.78 is 38.0. The molecule has 1 aliphatic heterocycles. The highest BCUT2D eigenvalue weighted by molar-refractivity contribution is 7.89. The van der Waals surface area contributed by atoms with Crippen LogP contribution < -0.4 is 10.0 Å². The Balaban J connectivity index is 2.18. The molecule has 3 N–H and O–H groups in total. The number of aromatic carboxylic acids is 1. The van der Waals surface area contributed by atoms with Gasteiger partial charge in [0.2, 0.25) is 10.0 Å². The van der Waals surface area contributed by atoms with Crippen molar-refractivity contribution in [1.82, 2.24) is 4.72 Å². The van der Waals surface area contributed by atoms with E-state index in [1.165, 1.54) is 25.3 Å². The Hall–Kier alpha value is -1.68. The van der Waals surface area contributed by atoms with Crippen LogP contribution in [0.5, 0.6) is 0 Å². The van der Waals surface area contributed by atoms with Crippen molar-refractivity contribution < 1.29 is 27.8 Å². The van der Waals surface area contributed by atoms with Crippen LogP contribution in [0.3, 0.4) is 0 Å². The SMILES string of the molecule is COCCCNS(=O)(=O)c1cc(C(=O)O)ccc1NCC1CCCO1. The molecule has 0 bridgehead atoms. The Morgan fingerprint density at radius 2 is 2.24 bits per heavy atom. The largest absolute Gasteiger partial charge is 0.478 e. The number of carboxylic acids is 1. The molecular formula is C16H24N2O6S. The number of nitrogens with one attached hydrogen (secondary N) is 2. The quantitative estimate of drug-likeness (QED) is 0.530. The second-order valence-electron chi connectivity index (χ2n) is 5.78. The van der Waals surface area contributed by atoms with Gasteiger partial charge in [0.25, 0.3) is 0 Å². The van der Waals surface area contributed by atoms with E-state index in [4.69, 9.17) is 14.6 Å². The van der Waals surface area contributed by atoms with Crippen LogP contribution in [-0.4, -0.2) is 59.0 Å². The van der Waals surface area contributed by atoms with Gasteiger partial charge in [-0.2, -0.15) is 0 Å². The van der Waals surface area contributed by atoms with E-state index in [1.54, 1.807) is 0 Å². The lowest BCUT2D eigenvalue weighted by molar-refractivity contribution is 0.0696. The summed E-state index contributed by atoms with van der Waals surface area (Å²) in [5.41, 5.74) is 0.277. The molecule has 140 valence electrons. The van der Waals surface area contributed by atoms with Crippen molar-refractivity contribution in [3.63, 3.8) is 0 Å². The van der Waals surface area contributed by atoms with E-state index in [0.717, 1.165) is 12.8 Å². The number of ether oxygens (including phenoxy) is 2. The van der Waals surface area contributed by atoms with Gasteiger partial charge in [-0.1, -0.05) is 0 Å². The van der Waals surface area contributed by atoms with Crippen molar-refractivity contribution in [2.75, 3.05) is 38.7 Å². The summed E-state index contributed by atoms with van der Waals surface area (Å²) in [7, 11) is -2.31. The molecule has 1 heterocycles. The third-order valence-electron chi connectivity index (χ3n) is 3.88. The zero-order chi connectivity index (χ0) is 18.3. The predicted octanol–water partition coefficient (Wildman–Crippen LogP) is 1.29. The van der Waals surface area contributed by atoms with Crippen LogP contribution in [0, 0.1) is 0 Å². The van der Waals surface area contributed by atoms with Gasteiger partial charge in [-0.15, -0.1) is 0 Å². The Bertz CT molecular complexity index is 686. The van der Waals surface area contributed by atoms with Crippen LogP contribution in [0.15, 0.2) is 23.1 Å². The fraction of sp³-hybridized carbons (Fsp3) is 0.562. The minimum atomic E-state index is -3.85.